The second-order valence-corrected chi connectivity index (χ2v) is 6.59. The first kappa shape index (κ1) is 18.6. The molecule has 1 aromatic carbocycles. The number of nitrogens with zero attached hydrogens (tertiary/aromatic N) is 1. The van der Waals surface area contributed by atoms with E-state index in [1.54, 1.807) is 24.3 Å². The summed E-state index contributed by atoms with van der Waals surface area (Å²) in [5, 5.41) is 12.0. The van der Waals surface area contributed by atoms with E-state index in [9.17, 15) is 14.4 Å². The topological polar surface area (TPSA) is 95.9 Å². The molecule has 1 aliphatic heterocycles. The molecule has 1 saturated heterocycles. The van der Waals surface area contributed by atoms with Gasteiger partial charge in [0.2, 0.25) is 5.91 Å². The van der Waals surface area contributed by atoms with Crippen molar-refractivity contribution in [3.8, 4) is 0 Å². The molecule has 0 aromatic heterocycles. The summed E-state index contributed by atoms with van der Waals surface area (Å²) in [6.45, 7) is -0.147. The van der Waals surface area contributed by atoms with Gasteiger partial charge in [0.05, 0.1) is 12.5 Å². The highest BCUT2D eigenvalue weighted by molar-refractivity contribution is 7.99. The molecule has 130 valence electrons. The Morgan fingerprint density at radius 3 is 2.67 bits per heavy atom. The molecule has 1 fully saturated rings. The normalized spacial score (nSPS) is 18.2. The number of halogens is 1. The molecule has 0 aliphatic carbocycles. The van der Waals surface area contributed by atoms with E-state index in [0.29, 0.717) is 22.2 Å². The fourth-order valence-electron chi connectivity index (χ4n) is 2.23. The summed E-state index contributed by atoms with van der Waals surface area (Å²) >= 11 is 7.24. The summed E-state index contributed by atoms with van der Waals surface area (Å²) in [6, 6.07) is 4.51. The van der Waals surface area contributed by atoms with Crippen molar-refractivity contribution in [1.82, 2.24) is 10.2 Å². The first-order chi connectivity index (χ1) is 11.4. The minimum absolute atomic E-state index is 0.147. The van der Waals surface area contributed by atoms with Crippen molar-refractivity contribution in [2.24, 2.45) is 0 Å². The minimum Gasteiger partial charge on any atom is -0.480 e. The van der Waals surface area contributed by atoms with Gasteiger partial charge in [-0.25, -0.2) is 4.79 Å². The predicted molar refractivity (Wildman–Crippen MR) is 90.2 cm³/mol. The number of nitrogens with one attached hydrogen (secondary N) is 1. The molecule has 1 aliphatic rings. The van der Waals surface area contributed by atoms with Gasteiger partial charge in [-0.3, -0.25) is 9.59 Å². The maximum Gasteiger partial charge on any atom is 0.328 e. The van der Waals surface area contributed by atoms with Crippen LogP contribution in [-0.2, 0) is 14.3 Å². The number of ether oxygens (including phenoxy) is 1. The standard InChI is InChI=1S/C15H17ClN2O5S/c1-23-6-11(15(21)22)17-13(19)12-7-24-8-18(12)14(20)9-2-4-10(16)5-3-9/h2-5,11-12H,6-8H2,1H3,(H,17,19)(H,21,22). The van der Waals surface area contributed by atoms with Crippen LogP contribution in [0.3, 0.4) is 0 Å². The lowest BCUT2D eigenvalue weighted by molar-refractivity contribution is -0.143. The van der Waals surface area contributed by atoms with Crippen molar-refractivity contribution < 1.29 is 24.2 Å². The number of carbonyl (C=O) groups is 3. The number of methoxy groups -OCH3 is 1. The van der Waals surface area contributed by atoms with Crippen LogP contribution in [0.4, 0.5) is 0 Å². The van der Waals surface area contributed by atoms with Gasteiger partial charge in [0.25, 0.3) is 5.91 Å². The highest BCUT2D eigenvalue weighted by Gasteiger charge is 2.36. The maximum absolute atomic E-state index is 12.6. The molecule has 0 spiro atoms. The number of carboxylic acid groups (broad SMARTS) is 1. The Hall–Kier alpha value is -1.77. The van der Waals surface area contributed by atoms with E-state index < -0.39 is 24.0 Å². The third kappa shape index (κ3) is 4.40. The van der Waals surface area contributed by atoms with Gasteiger partial charge in [0.1, 0.15) is 6.04 Å². The van der Waals surface area contributed by atoms with Crippen molar-refractivity contribution in [2.45, 2.75) is 12.1 Å². The van der Waals surface area contributed by atoms with Gasteiger partial charge in [-0.15, -0.1) is 11.8 Å². The van der Waals surface area contributed by atoms with Gasteiger partial charge in [-0.05, 0) is 24.3 Å². The van der Waals surface area contributed by atoms with E-state index in [0.717, 1.165) is 0 Å². The summed E-state index contributed by atoms with van der Waals surface area (Å²) < 4.78 is 4.79. The number of rotatable bonds is 6. The molecule has 2 N–H and O–H groups in total. The summed E-state index contributed by atoms with van der Waals surface area (Å²) in [5.74, 6) is -1.22. The first-order valence-corrected chi connectivity index (χ1v) is 8.63. The number of carboxylic acids is 1. The maximum atomic E-state index is 12.6. The zero-order chi connectivity index (χ0) is 17.7. The van der Waals surface area contributed by atoms with Crippen LogP contribution >= 0.6 is 23.4 Å². The van der Waals surface area contributed by atoms with Gasteiger partial charge < -0.3 is 20.1 Å². The van der Waals surface area contributed by atoms with E-state index in [2.05, 4.69) is 5.32 Å². The lowest BCUT2D eigenvalue weighted by atomic mass is 10.1. The summed E-state index contributed by atoms with van der Waals surface area (Å²) in [5.41, 5.74) is 0.423. The predicted octanol–water partition coefficient (Wildman–Crippen LogP) is 1.07. The monoisotopic (exact) mass is 372 g/mol. The van der Waals surface area contributed by atoms with Crippen molar-refractivity contribution >= 4 is 41.1 Å². The van der Waals surface area contributed by atoms with Gasteiger partial charge in [0.15, 0.2) is 6.04 Å². The second kappa shape index (κ2) is 8.36. The van der Waals surface area contributed by atoms with Crippen LogP contribution in [0, 0.1) is 0 Å². The van der Waals surface area contributed by atoms with Crippen LogP contribution in [0.15, 0.2) is 24.3 Å². The van der Waals surface area contributed by atoms with Crippen LogP contribution in [0.5, 0.6) is 0 Å². The van der Waals surface area contributed by atoms with Gasteiger partial charge >= 0.3 is 5.97 Å². The Morgan fingerprint density at radius 1 is 1.42 bits per heavy atom. The fraction of sp³-hybridized carbons (Fsp3) is 0.400. The molecule has 2 rings (SSSR count). The molecule has 0 saturated carbocycles. The molecule has 0 bridgehead atoms. The first-order valence-electron chi connectivity index (χ1n) is 7.10. The minimum atomic E-state index is -1.19. The molecule has 2 unspecified atom stereocenters. The van der Waals surface area contributed by atoms with Crippen LogP contribution < -0.4 is 5.32 Å². The molecule has 7 nitrogen and oxygen atoms in total. The van der Waals surface area contributed by atoms with Crippen molar-refractivity contribution in [3.63, 3.8) is 0 Å². The molecule has 24 heavy (non-hydrogen) atoms. The average Bonchev–Trinajstić information content (AvgIpc) is 3.04. The molecular weight excluding hydrogens is 356 g/mol. The molecule has 2 atom stereocenters. The van der Waals surface area contributed by atoms with Crippen LogP contribution in [0.25, 0.3) is 0 Å². The summed E-state index contributed by atoms with van der Waals surface area (Å²) in [7, 11) is 1.35. The largest absolute Gasteiger partial charge is 0.480 e. The average molecular weight is 373 g/mol. The highest BCUT2D eigenvalue weighted by atomic mass is 35.5. The van der Waals surface area contributed by atoms with Gasteiger partial charge in [0, 0.05) is 23.4 Å². The molecular formula is C15H17ClN2O5S. The van der Waals surface area contributed by atoms with Crippen LogP contribution in [-0.4, -0.2) is 65.2 Å². The Morgan fingerprint density at radius 2 is 2.08 bits per heavy atom. The molecule has 9 heteroatoms. The van der Waals surface area contributed by atoms with Gasteiger partial charge in [-0.1, -0.05) is 11.6 Å². The number of amides is 2. The third-order valence-electron chi connectivity index (χ3n) is 3.48. The second-order valence-electron chi connectivity index (χ2n) is 5.15. The van der Waals surface area contributed by atoms with Crippen LogP contribution in [0.1, 0.15) is 10.4 Å². The van der Waals surface area contributed by atoms with Gasteiger partial charge in [-0.2, -0.15) is 0 Å². The van der Waals surface area contributed by atoms with Crippen molar-refractivity contribution in [1.29, 1.82) is 0 Å². The summed E-state index contributed by atoms with van der Waals surface area (Å²) in [4.78, 5) is 37.5. The zero-order valence-corrected chi connectivity index (χ0v) is 14.5. The molecule has 2 amide bonds. The number of benzene rings is 1. The Labute approximate surface area is 148 Å². The van der Waals surface area contributed by atoms with E-state index in [1.165, 1.54) is 23.8 Å². The quantitative estimate of drug-likeness (QED) is 0.775. The zero-order valence-electron chi connectivity index (χ0n) is 12.9. The summed E-state index contributed by atoms with van der Waals surface area (Å²) in [6.07, 6.45) is 0. The van der Waals surface area contributed by atoms with E-state index in [4.69, 9.17) is 21.4 Å². The lowest BCUT2D eigenvalue weighted by Gasteiger charge is -2.24. The molecule has 1 aromatic rings. The van der Waals surface area contributed by atoms with E-state index in [-0.39, 0.29) is 12.5 Å². The fourth-order valence-corrected chi connectivity index (χ4v) is 3.51. The Balaban J connectivity index is 2.08. The molecule has 0 radical (unpaired) electrons. The molecule has 1 heterocycles. The number of carbonyl (C=O) groups excluding carboxylic acids is 2. The van der Waals surface area contributed by atoms with E-state index in [1.807, 2.05) is 0 Å². The number of aliphatic carboxylic acids is 1. The Bertz CT molecular complexity index is 625. The van der Waals surface area contributed by atoms with Crippen molar-refractivity contribution in [2.75, 3.05) is 25.3 Å². The van der Waals surface area contributed by atoms with Crippen molar-refractivity contribution in [3.05, 3.63) is 34.9 Å². The Kier molecular flexibility index (Phi) is 6.47. The SMILES string of the molecule is COCC(NC(=O)C1CSCN1C(=O)c1ccc(Cl)cc1)C(=O)O. The third-order valence-corrected chi connectivity index (χ3v) is 4.75. The van der Waals surface area contributed by atoms with E-state index >= 15 is 0 Å². The number of hydrogen-bond acceptors (Lipinski definition) is 5. The smallest absolute Gasteiger partial charge is 0.328 e. The van der Waals surface area contributed by atoms with Crippen LogP contribution in [0.2, 0.25) is 5.02 Å². The highest BCUT2D eigenvalue weighted by Crippen LogP contribution is 2.24. The number of hydrogen-bond donors (Lipinski definition) is 2. The number of thioether (sulfide) groups is 1. The lowest BCUT2D eigenvalue weighted by Crippen LogP contribution is -2.53.